The molecule has 1 amide bonds. The average molecular weight is 478 g/mol. The molecule has 0 spiro atoms. The van der Waals surface area contributed by atoms with Crippen molar-refractivity contribution in [3.05, 3.63) is 41.3 Å². The maximum absolute atomic E-state index is 13.0. The minimum atomic E-state index is -0.741. The summed E-state index contributed by atoms with van der Waals surface area (Å²) in [7, 11) is 4.01. The molecule has 0 saturated carbocycles. The second kappa shape index (κ2) is 7.64. The van der Waals surface area contributed by atoms with E-state index in [1.54, 1.807) is 35.7 Å². The highest BCUT2D eigenvalue weighted by Gasteiger charge is 2.42. The Morgan fingerprint density at radius 2 is 2.15 bits per heavy atom. The van der Waals surface area contributed by atoms with Crippen molar-refractivity contribution in [2.45, 2.75) is 31.8 Å². The zero-order valence-corrected chi connectivity index (χ0v) is 20.3. The van der Waals surface area contributed by atoms with E-state index in [1.165, 1.54) is 10.4 Å². The summed E-state index contributed by atoms with van der Waals surface area (Å²) in [5.41, 5.74) is 3.46. The largest absolute Gasteiger partial charge is 0.386 e. The number of fused-ring (bicyclic) bond motifs is 4. The predicted molar refractivity (Wildman–Crippen MR) is 133 cm³/mol. The third kappa shape index (κ3) is 3.48. The lowest BCUT2D eigenvalue weighted by molar-refractivity contribution is -0.156. The molecule has 1 atom stereocenters. The van der Waals surface area contributed by atoms with Crippen molar-refractivity contribution in [1.29, 1.82) is 0 Å². The van der Waals surface area contributed by atoms with Crippen molar-refractivity contribution in [2.24, 2.45) is 5.92 Å². The highest BCUT2D eigenvalue weighted by atomic mass is 32.1. The lowest BCUT2D eigenvalue weighted by atomic mass is 9.85. The molecule has 1 fully saturated rings. The van der Waals surface area contributed by atoms with E-state index in [0.29, 0.717) is 13.1 Å². The van der Waals surface area contributed by atoms with Crippen molar-refractivity contribution in [2.75, 3.05) is 37.4 Å². The van der Waals surface area contributed by atoms with Gasteiger partial charge in [0.05, 0.1) is 47.2 Å². The van der Waals surface area contributed by atoms with Crippen LogP contribution in [0.3, 0.4) is 0 Å². The van der Waals surface area contributed by atoms with E-state index in [9.17, 15) is 9.90 Å². The van der Waals surface area contributed by atoms with Gasteiger partial charge < -0.3 is 20.2 Å². The van der Waals surface area contributed by atoms with Crippen LogP contribution in [0.25, 0.3) is 15.7 Å². The van der Waals surface area contributed by atoms with Gasteiger partial charge in [0.2, 0.25) is 5.91 Å². The van der Waals surface area contributed by atoms with Crippen LogP contribution in [0.5, 0.6) is 0 Å². The van der Waals surface area contributed by atoms with Gasteiger partial charge in [0.25, 0.3) is 0 Å². The number of thiophene rings is 1. The minimum absolute atomic E-state index is 0.0364. The molecule has 0 unspecified atom stereocenters. The second-order valence-electron chi connectivity index (χ2n) is 9.83. The standard InChI is InChI=1S/C24H27N7O2S/c1-24(33)11-30(12-24)23(32)14-4-5-16-19(8-14)34-22-20(16)21(25-13-26-22)28-17-9-15-6-7-27-31(15)10-18(17)29(2)3/h6-7,9-10,13-14,33H,4-5,8,11-12H2,1-3H3,(H,25,26,28)/t14-/m0/s1. The summed E-state index contributed by atoms with van der Waals surface area (Å²) in [6.07, 6.45) is 7.73. The molecular weight excluding hydrogens is 450 g/mol. The molecule has 2 aliphatic rings. The van der Waals surface area contributed by atoms with Crippen LogP contribution in [-0.2, 0) is 17.6 Å². The molecule has 10 heteroatoms. The molecule has 4 aromatic rings. The van der Waals surface area contributed by atoms with Crippen LogP contribution < -0.4 is 10.2 Å². The van der Waals surface area contributed by atoms with Gasteiger partial charge in [0.1, 0.15) is 17.0 Å². The van der Waals surface area contributed by atoms with Crippen LogP contribution >= 0.6 is 11.3 Å². The number of nitrogens with one attached hydrogen (secondary N) is 1. The van der Waals surface area contributed by atoms with E-state index < -0.39 is 5.60 Å². The molecule has 1 aliphatic heterocycles. The number of pyridine rings is 1. The first kappa shape index (κ1) is 21.3. The molecule has 0 radical (unpaired) electrons. The Bertz CT molecular complexity index is 1420. The maximum Gasteiger partial charge on any atom is 0.226 e. The highest BCUT2D eigenvalue weighted by Crippen LogP contribution is 2.42. The average Bonchev–Trinajstić information content (AvgIpc) is 3.39. The van der Waals surface area contributed by atoms with Crippen molar-refractivity contribution in [3.8, 4) is 0 Å². The van der Waals surface area contributed by atoms with E-state index in [2.05, 4.69) is 26.4 Å². The van der Waals surface area contributed by atoms with Crippen molar-refractivity contribution >= 4 is 50.2 Å². The van der Waals surface area contributed by atoms with Gasteiger partial charge in [-0.1, -0.05) is 0 Å². The minimum Gasteiger partial charge on any atom is -0.386 e. The second-order valence-corrected chi connectivity index (χ2v) is 10.9. The molecule has 1 aliphatic carbocycles. The highest BCUT2D eigenvalue weighted by molar-refractivity contribution is 7.19. The Labute approximate surface area is 201 Å². The topological polar surface area (TPSA) is 98.9 Å². The normalized spacial score (nSPS) is 19.2. The van der Waals surface area contributed by atoms with Crippen molar-refractivity contribution in [1.82, 2.24) is 24.5 Å². The number of likely N-dealkylation sites (tertiary alicyclic amines) is 1. The summed E-state index contributed by atoms with van der Waals surface area (Å²) in [6.45, 7) is 2.63. The van der Waals surface area contributed by atoms with Gasteiger partial charge in [-0.05, 0) is 43.9 Å². The van der Waals surface area contributed by atoms with Crippen LogP contribution in [0.15, 0.2) is 30.9 Å². The smallest absolute Gasteiger partial charge is 0.226 e. The number of aromatic nitrogens is 4. The molecule has 1 saturated heterocycles. The molecule has 34 heavy (non-hydrogen) atoms. The monoisotopic (exact) mass is 477 g/mol. The lowest BCUT2D eigenvalue weighted by Crippen LogP contribution is -2.63. The predicted octanol–water partition coefficient (Wildman–Crippen LogP) is 2.85. The maximum atomic E-state index is 13.0. The summed E-state index contributed by atoms with van der Waals surface area (Å²) in [5.74, 6) is 0.910. The van der Waals surface area contributed by atoms with E-state index in [0.717, 1.165) is 52.2 Å². The molecule has 6 rings (SSSR count). The number of β-amino-alcohol motifs (C(OH)–C–C–N with tert-alkyl or cyclic N) is 1. The van der Waals surface area contributed by atoms with Gasteiger partial charge in [-0.15, -0.1) is 11.3 Å². The number of nitrogens with zero attached hydrogens (tertiary/aromatic N) is 6. The van der Waals surface area contributed by atoms with Crippen LogP contribution in [0, 0.1) is 5.92 Å². The Kier molecular flexibility index (Phi) is 4.79. The SMILES string of the molecule is CN(C)c1cn2nccc2cc1Nc1ncnc2sc3c(c12)CC[C@H](C(=O)N1CC(C)(O)C1)C3. The zero-order chi connectivity index (χ0) is 23.6. The number of rotatable bonds is 4. The van der Waals surface area contributed by atoms with Crippen molar-refractivity contribution < 1.29 is 9.90 Å². The van der Waals surface area contributed by atoms with Crippen molar-refractivity contribution in [3.63, 3.8) is 0 Å². The Morgan fingerprint density at radius 3 is 2.91 bits per heavy atom. The van der Waals surface area contributed by atoms with Crippen LogP contribution in [-0.4, -0.2) is 68.3 Å². The summed E-state index contributed by atoms with van der Waals surface area (Å²) >= 11 is 1.66. The number of carbonyl (C=O) groups is 1. The Morgan fingerprint density at radius 1 is 1.32 bits per heavy atom. The van der Waals surface area contributed by atoms with Gasteiger partial charge in [-0.2, -0.15) is 5.10 Å². The first-order valence-corrected chi connectivity index (χ1v) is 12.3. The third-order valence-electron chi connectivity index (χ3n) is 6.82. The molecule has 0 aromatic carbocycles. The van der Waals surface area contributed by atoms with Crippen LogP contribution in [0.4, 0.5) is 17.2 Å². The molecule has 4 aromatic heterocycles. The van der Waals surface area contributed by atoms with Gasteiger partial charge in [0, 0.05) is 31.1 Å². The molecule has 0 bridgehead atoms. The van der Waals surface area contributed by atoms with E-state index in [1.807, 2.05) is 35.8 Å². The van der Waals surface area contributed by atoms with Gasteiger partial charge in [-0.3, -0.25) is 4.79 Å². The summed E-state index contributed by atoms with van der Waals surface area (Å²) in [4.78, 5) is 28.1. The van der Waals surface area contributed by atoms with Crippen LogP contribution in [0.1, 0.15) is 23.8 Å². The number of anilines is 3. The first-order chi connectivity index (χ1) is 16.3. The zero-order valence-electron chi connectivity index (χ0n) is 19.4. The number of aliphatic hydroxyl groups is 1. The van der Waals surface area contributed by atoms with Crippen LogP contribution in [0.2, 0.25) is 0 Å². The molecular formula is C24H27N7O2S. The fourth-order valence-electron chi connectivity index (χ4n) is 5.14. The quantitative estimate of drug-likeness (QED) is 0.466. The molecule has 9 nitrogen and oxygen atoms in total. The number of aryl methyl sites for hydroxylation is 1. The fourth-order valence-corrected chi connectivity index (χ4v) is 6.41. The number of hydrogen-bond donors (Lipinski definition) is 2. The first-order valence-electron chi connectivity index (χ1n) is 11.5. The van der Waals surface area contributed by atoms with Gasteiger partial charge >= 0.3 is 0 Å². The summed E-state index contributed by atoms with van der Waals surface area (Å²) < 4.78 is 1.86. The lowest BCUT2D eigenvalue weighted by Gasteiger charge is -2.45. The fraction of sp³-hybridized carbons (Fsp3) is 0.417. The Hall–Kier alpha value is -3.24. The van der Waals surface area contributed by atoms with Gasteiger partial charge in [-0.25, -0.2) is 14.5 Å². The number of amides is 1. The molecule has 2 N–H and O–H groups in total. The van der Waals surface area contributed by atoms with E-state index >= 15 is 0 Å². The summed E-state index contributed by atoms with van der Waals surface area (Å²) in [5, 5.41) is 19.0. The number of carbonyl (C=O) groups excluding carboxylic acids is 1. The van der Waals surface area contributed by atoms with E-state index in [4.69, 9.17) is 0 Å². The van der Waals surface area contributed by atoms with E-state index in [-0.39, 0.29) is 11.8 Å². The molecule has 5 heterocycles. The Balaban J connectivity index is 1.33. The van der Waals surface area contributed by atoms with Gasteiger partial charge in [0.15, 0.2) is 0 Å². The third-order valence-corrected chi connectivity index (χ3v) is 7.98. The summed E-state index contributed by atoms with van der Waals surface area (Å²) in [6, 6.07) is 4.05. The number of hydrogen-bond acceptors (Lipinski definition) is 8. The molecule has 176 valence electrons.